The van der Waals surface area contributed by atoms with Gasteiger partial charge in [-0.25, -0.2) is 4.98 Å². The van der Waals surface area contributed by atoms with Crippen molar-refractivity contribution in [2.45, 2.75) is 49.4 Å². The van der Waals surface area contributed by atoms with E-state index in [1.54, 1.807) is 4.90 Å². The van der Waals surface area contributed by atoms with Gasteiger partial charge in [-0.1, -0.05) is 0 Å². The Morgan fingerprint density at radius 2 is 1.76 bits per heavy atom. The Hall–Kier alpha value is -2.14. The third kappa shape index (κ3) is 3.30. The number of aromatic nitrogens is 2. The van der Waals surface area contributed by atoms with Crippen molar-refractivity contribution in [3.63, 3.8) is 0 Å². The average Bonchev–Trinajstić information content (AvgIpc) is 3.54. The van der Waals surface area contributed by atoms with Crippen molar-refractivity contribution in [1.82, 2.24) is 25.1 Å². The average molecular weight is 466 g/mol. The quantitative estimate of drug-likeness (QED) is 0.699. The second-order valence-corrected chi connectivity index (χ2v) is 10.6. The van der Waals surface area contributed by atoms with Gasteiger partial charge in [0.15, 0.2) is 0 Å². The number of anilines is 2. The lowest BCUT2D eigenvalue weighted by Crippen LogP contribution is -2.47. The maximum Gasteiger partial charge on any atom is 0.421 e. The Balaban J connectivity index is 1.20. The minimum Gasteiger partial charge on any atom is -0.356 e. The van der Waals surface area contributed by atoms with Crippen LogP contribution in [0.2, 0.25) is 0 Å². The number of hydrogen-bond acceptors (Lipinski definition) is 7. The van der Waals surface area contributed by atoms with Crippen LogP contribution in [0.25, 0.3) is 0 Å². The van der Waals surface area contributed by atoms with Crippen molar-refractivity contribution < 1.29 is 18.0 Å². The van der Waals surface area contributed by atoms with E-state index in [4.69, 9.17) is 0 Å². The van der Waals surface area contributed by atoms with Crippen LogP contribution in [0.15, 0.2) is 6.20 Å². The third-order valence-electron chi connectivity index (χ3n) is 8.75. The number of fused-ring (bicyclic) bond motifs is 1. The maximum absolute atomic E-state index is 13.8. The fourth-order valence-electron chi connectivity index (χ4n) is 6.25. The minimum absolute atomic E-state index is 0.0325. The van der Waals surface area contributed by atoms with Crippen LogP contribution < -0.4 is 15.5 Å². The van der Waals surface area contributed by atoms with E-state index in [-0.39, 0.29) is 28.8 Å². The van der Waals surface area contributed by atoms with E-state index in [1.165, 1.54) is 0 Å². The molecule has 1 spiro atoms. The fraction of sp³-hybridized carbons (Fsp3) is 0.773. The number of piperazine rings is 1. The molecule has 6 rings (SSSR count). The summed E-state index contributed by atoms with van der Waals surface area (Å²) in [4.78, 5) is 27.2. The van der Waals surface area contributed by atoms with E-state index >= 15 is 0 Å². The molecule has 3 saturated heterocycles. The van der Waals surface area contributed by atoms with Crippen LogP contribution in [0.4, 0.5) is 24.9 Å². The van der Waals surface area contributed by atoms with Crippen LogP contribution >= 0.6 is 0 Å². The molecule has 0 bridgehead atoms. The van der Waals surface area contributed by atoms with Crippen LogP contribution in [0.5, 0.6) is 0 Å². The van der Waals surface area contributed by atoms with Gasteiger partial charge in [-0.2, -0.15) is 18.2 Å². The molecule has 8 nitrogen and oxygen atoms in total. The fourth-order valence-corrected chi connectivity index (χ4v) is 6.25. The number of halogens is 3. The highest BCUT2D eigenvalue weighted by atomic mass is 19.4. The van der Waals surface area contributed by atoms with Gasteiger partial charge in [-0.15, -0.1) is 0 Å². The highest BCUT2D eigenvalue weighted by molar-refractivity contribution is 5.85. The number of piperidine rings is 1. The van der Waals surface area contributed by atoms with Gasteiger partial charge < -0.3 is 20.4 Å². The van der Waals surface area contributed by atoms with Crippen molar-refractivity contribution in [3.8, 4) is 0 Å². The highest BCUT2D eigenvalue weighted by Crippen LogP contribution is 2.75. The Kier molecular flexibility index (Phi) is 4.50. The van der Waals surface area contributed by atoms with Crippen LogP contribution in [-0.2, 0) is 11.0 Å². The van der Waals surface area contributed by atoms with Crippen LogP contribution in [0, 0.1) is 5.41 Å². The zero-order chi connectivity index (χ0) is 23.1. The van der Waals surface area contributed by atoms with Crippen molar-refractivity contribution in [1.29, 1.82) is 0 Å². The molecule has 11 heteroatoms. The molecule has 0 atom stereocenters. The van der Waals surface area contributed by atoms with Gasteiger partial charge in [0.25, 0.3) is 0 Å². The number of nitrogens with one attached hydrogen (secondary N) is 2. The molecule has 1 aromatic heterocycles. The Labute approximate surface area is 190 Å². The summed E-state index contributed by atoms with van der Waals surface area (Å²) in [5.41, 5.74) is -1.23. The van der Waals surface area contributed by atoms with E-state index in [9.17, 15) is 18.0 Å². The summed E-state index contributed by atoms with van der Waals surface area (Å²) < 4.78 is 41.4. The summed E-state index contributed by atoms with van der Waals surface area (Å²) in [6.07, 6.45) is 0.193. The standard InChI is InChI=1S/C22H30F3N7O/c1-30-8-10-32(11-9-30)21-13-20(21,14-21)29-18-27-12-15(22(23,24)25)16(28-18)31-6-3-19(4-7-31)2-5-26-17(19)33/h12H,2-11,13-14H2,1H3,(H,26,33)(H,27,28,29). The predicted molar refractivity (Wildman–Crippen MR) is 116 cm³/mol. The zero-order valence-electron chi connectivity index (χ0n) is 18.8. The number of nitrogens with zero attached hydrogens (tertiary/aromatic N) is 5. The number of hydrogen-bond donors (Lipinski definition) is 2. The Morgan fingerprint density at radius 3 is 2.36 bits per heavy atom. The molecule has 3 aliphatic heterocycles. The monoisotopic (exact) mass is 465 g/mol. The van der Waals surface area contributed by atoms with Gasteiger partial charge in [0.1, 0.15) is 11.4 Å². The van der Waals surface area contributed by atoms with Crippen molar-refractivity contribution in [2.75, 3.05) is 63.1 Å². The molecule has 0 radical (unpaired) electrons. The van der Waals surface area contributed by atoms with Crippen molar-refractivity contribution >= 4 is 17.7 Å². The lowest BCUT2D eigenvalue weighted by atomic mass is 9.77. The number of carbonyl (C=O) groups is 1. The van der Waals surface area contributed by atoms with Gasteiger partial charge in [0.05, 0.1) is 11.0 Å². The molecule has 33 heavy (non-hydrogen) atoms. The second-order valence-electron chi connectivity index (χ2n) is 10.6. The van der Waals surface area contributed by atoms with Gasteiger partial charge >= 0.3 is 6.18 Å². The van der Waals surface area contributed by atoms with Crippen molar-refractivity contribution in [3.05, 3.63) is 11.8 Å². The molecular formula is C22H30F3N7O. The van der Waals surface area contributed by atoms with E-state index in [0.717, 1.165) is 51.6 Å². The normalized spacial score (nSPS) is 33.7. The predicted octanol–water partition coefficient (Wildman–Crippen LogP) is 1.55. The van der Waals surface area contributed by atoms with Crippen LogP contribution in [-0.4, -0.2) is 89.6 Å². The number of carbonyl (C=O) groups excluding carboxylic acids is 1. The summed E-state index contributed by atoms with van der Waals surface area (Å²) in [6, 6.07) is 0. The van der Waals surface area contributed by atoms with E-state index in [2.05, 4.69) is 37.4 Å². The number of alkyl halides is 3. The molecule has 1 aromatic rings. The molecule has 1 amide bonds. The first-order chi connectivity index (χ1) is 15.7. The molecule has 2 N–H and O–H groups in total. The van der Waals surface area contributed by atoms with Crippen LogP contribution in [0.3, 0.4) is 0 Å². The SMILES string of the molecule is CN1CCN(C23CC2(Nc2ncc(C(F)(F)F)c(N4CCC5(CCNC5=O)CC4)n2)C3)CC1. The molecule has 0 unspecified atom stereocenters. The smallest absolute Gasteiger partial charge is 0.356 e. The second kappa shape index (κ2) is 6.94. The number of amides is 1. The third-order valence-corrected chi connectivity index (χ3v) is 8.75. The lowest BCUT2D eigenvalue weighted by molar-refractivity contribution is -0.137. The molecule has 5 fully saturated rings. The van der Waals surface area contributed by atoms with Crippen molar-refractivity contribution in [2.24, 2.45) is 5.41 Å². The van der Waals surface area contributed by atoms with Gasteiger partial charge in [-0.05, 0) is 39.2 Å². The summed E-state index contributed by atoms with van der Waals surface area (Å²) in [5, 5.41) is 6.26. The van der Waals surface area contributed by atoms with Crippen LogP contribution in [0.1, 0.15) is 37.7 Å². The Morgan fingerprint density at radius 1 is 1.06 bits per heavy atom. The molecule has 0 aromatic carbocycles. The molecule has 2 aliphatic carbocycles. The zero-order valence-corrected chi connectivity index (χ0v) is 18.8. The van der Waals surface area contributed by atoms with E-state index in [1.807, 2.05) is 0 Å². The summed E-state index contributed by atoms with van der Waals surface area (Å²) in [6.45, 7) is 5.50. The molecule has 2 saturated carbocycles. The molecule has 5 aliphatic rings. The lowest BCUT2D eigenvalue weighted by Gasteiger charge is -2.38. The number of rotatable bonds is 4. The van der Waals surface area contributed by atoms with Gasteiger partial charge in [0, 0.05) is 57.5 Å². The van der Waals surface area contributed by atoms with E-state index < -0.39 is 17.2 Å². The first-order valence-electron chi connectivity index (χ1n) is 11.9. The highest BCUT2D eigenvalue weighted by Gasteiger charge is 2.86. The molecule has 4 heterocycles. The summed E-state index contributed by atoms with van der Waals surface area (Å²) in [5.74, 6) is 0.228. The largest absolute Gasteiger partial charge is 0.421 e. The molecular weight excluding hydrogens is 435 g/mol. The maximum atomic E-state index is 13.8. The first kappa shape index (κ1) is 21.4. The first-order valence-corrected chi connectivity index (χ1v) is 11.9. The minimum atomic E-state index is -4.53. The Bertz CT molecular complexity index is 961. The van der Waals surface area contributed by atoms with Gasteiger partial charge in [0.2, 0.25) is 11.9 Å². The topological polar surface area (TPSA) is 76.6 Å². The van der Waals surface area contributed by atoms with Gasteiger partial charge in [-0.3, -0.25) is 9.69 Å². The molecule has 180 valence electrons. The van der Waals surface area contributed by atoms with E-state index in [0.29, 0.717) is 32.5 Å². The number of likely N-dealkylation sites (N-methyl/N-ethyl adjacent to an activating group) is 1. The summed E-state index contributed by atoms with van der Waals surface area (Å²) in [7, 11) is 2.12. The summed E-state index contributed by atoms with van der Waals surface area (Å²) >= 11 is 0.